The highest BCUT2D eigenvalue weighted by atomic mass is 19.1. The standard InChI is InChI=1S/C19H18FN5/c1-2-11-25-17(23-16-8-5-9-21-19(16)25)13-24-12-10-22-18(24)14-6-3-4-7-15(14)20/h3-10,12H,2,11,13H2,1H3. The minimum atomic E-state index is -0.279. The molecule has 4 aromatic rings. The van der Waals surface area contributed by atoms with Crippen LogP contribution < -0.4 is 0 Å². The summed E-state index contributed by atoms with van der Waals surface area (Å²) in [6.45, 7) is 3.48. The summed E-state index contributed by atoms with van der Waals surface area (Å²) in [5.41, 5.74) is 2.24. The van der Waals surface area contributed by atoms with Crippen molar-refractivity contribution in [3.05, 3.63) is 66.6 Å². The van der Waals surface area contributed by atoms with Gasteiger partial charge in [-0.25, -0.2) is 19.3 Å². The molecule has 0 spiro atoms. The molecular formula is C19H18FN5. The van der Waals surface area contributed by atoms with Crippen molar-refractivity contribution in [3.8, 4) is 11.4 Å². The Labute approximate surface area is 144 Å². The SMILES string of the molecule is CCCn1c(Cn2ccnc2-c2ccccc2F)nc2cccnc21. The lowest BCUT2D eigenvalue weighted by Crippen LogP contribution is -2.10. The van der Waals surface area contributed by atoms with Gasteiger partial charge in [-0.1, -0.05) is 19.1 Å². The van der Waals surface area contributed by atoms with Gasteiger partial charge < -0.3 is 9.13 Å². The van der Waals surface area contributed by atoms with Gasteiger partial charge in [-0.05, 0) is 30.7 Å². The molecule has 0 aliphatic carbocycles. The molecule has 0 N–H and O–H groups in total. The zero-order chi connectivity index (χ0) is 17.2. The van der Waals surface area contributed by atoms with Crippen LogP contribution in [-0.2, 0) is 13.1 Å². The van der Waals surface area contributed by atoms with E-state index >= 15 is 0 Å². The molecule has 3 heterocycles. The fraction of sp³-hybridized carbons (Fsp3) is 0.211. The number of hydrogen-bond donors (Lipinski definition) is 0. The highest BCUT2D eigenvalue weighted by Gasteiger charge is 2.15. The summed E-state index contributed by atoms with van der Waals surface area (Å²) >= 11 is 0. The van der Waals surface area contributed by atoms with Gasteiger partial charge in [0, 0.05) is 25.1 Å². The maximum Gasteiger partial charge on any atom is 0.160 e. The number of halogens is 1. The van der Waals surface area contributed by atoms with Crippen LogP contribution in [0.2, 0.25) is 0 Å². The van der Waals surface area contributed by atoms with E-state index in [0.29, 0.717) is 17.9 Å². The van der Waals surface area contributed by atoms with Gasteiger partial charge in [-0.2, -0.15) is 0 Å². The molecule has 0 atom stereocenters. The summed E-state index contributed by atoms with van der Waals surface area (Å²) in [4.78, 5) is 13.5. The van der Waals surface area contributed by atoms with E-state index in [1.54, 1.807) is 24.5 Å². The Bertz CT molecular complexity index is 1020. The van der Waals surface area contributed by atoms with Crippen LogP contribution >= 0.6 is 0 Å². The van der Waals surface area contributed by atoms with Gasteiger partial charge in [0.05, 0.1) is 12.1 Å². The number of benzene rings is 1. The molecule has 1 aromatic carbocycles. The van der Waals surface area contributed by atoms with Crippen molar-refractivity contribution in [1.82, 2.24) is 24.1 Å². The number of rotatable bonds is 5. The largest absolute Gasteiger partial charge is 0.323 e. The second-order valence-corrected chi connectivity index (χ2v) is 5.88. The lowest BCUT2D eigenvalue weighted by Gasteiger charge is -2.10. The molecule has 4 rings (SSSR count). The van der Waals surface area contributed by atoms with E-state index in [9.17, 15) is 4.39 Å². The Balaban J connectivity index is 1.77. The second-order valence-electron chi connectivity index (χ2n) is 5.88. The van der Waals surface area contributed by atoms with Gasteiger partial charge in [0.1, 0.15) is 23.0 Å². The first kappa shape index (κ1) is 15.5. The van der Waals surface area contributed by atoms with Crippen LogP contribution in [0.5, 0.6) is 0 Å². The maximum absolute atomic E-state index is 14.2. The Morgan fingerprint density at radius 1 is 1.04 bits per heavy atom. The predicted octanol–water partition coefficient (Wildman–Crippen LogP) is 3.89. The topological polar surface area (TPSA) is 48.5 Å². The van der Waals surface area contributed by atoms with Gasteiger partial charge >= 0.3 is 0 Å². The van der Waals surface area contributed by atoms with Gasteiger partial charge in [-0.3, -0.25) is 0 Å². The van der Waals surface area contributed by atoms with E-state index in [0.717, 1.165) is 30.0 Å². The molecule has 25 heavy (non-hydrogen) atoms. The average Bonchev–Trinajstić information content (AvgIpc) is 3.21. The summed E-state index contributed by atoms with van der Waals surface area (Å²) in [6.07, 6.45) is 6.30. The average molecular weight is 335 g/mol. The van der Waals surface area contributed by atoms with E-state index in [1.807, 2.05) is 29.0 Å². The lowest BCUT2D eigenvalue weighted by atomic mass is 10.2. The molecule has 6 heteroatoms. The molecule has 0 unspecified atom stereocenters. The van der Waals surface area contributed by atoms with E-state index in [2.05, 4.69) is 21.5 Å². The molecule has 0 saturated heterocycles. The molecule has 126 valence electrons. The van der Waals surface area contributed by atoms with Crippen LogP contribution in [0.3, 0.4) is 0 Å². The zero-order valence-electron chi connectivity index (χ0n) is 13.9. The molecule has 3 aromatic heterocycles. The van der Waals surface area contributed by atoms with Crippen LogP contribution in [0.1, 0.15) is 19.2 Å². The van der Waals surface area contributed by atoms with Crippen molar-refractivity contribution in [2.45, 2.75) is 26.4 Å². The fourth-order valence-electron chi connectivity index (χ4n) is 3.06. The third-order valence-corrected chi connectivity index (χ3v) is 4.17. The Hall–Kier alpha value is -3.02. The van der Waals surface area contributed by atoms with Crippen LogP contribution in [0.15, 0.2) is 55.0 Å². The summed E-state index contributed by atoms with van der Waals surface area (Å²) in [6, 6.07) is 10.5. The number of aromatic nitrogens is 5. The van der Waals surface area contributed by atoms with Crippen LogP contribution in [0.25, 0.3) is 22.6 Å². The highest BCUT2D eigenvalue weighted by molar-refractivity contribution is 5.71. The number of nitrogens with zero attached hydrogens (tertiary/aromatic N) is 5. The van der Waals surface area contributed by atoms with Crippen LogP contribution in [-0.4, -0.2) is 24.1 Å². The van der Waals surface area contributed by atoms with Gasteiger partial charge in [-0.15, -0.1) is 0 Å². The molecule has 0 aliphatic heterocycles. The molecule has 5 nitrogen and oxygen atoms in total. The zero-order valence-corrected chi connectivity index (χ0v) is 13.9. The summed E-state index contributed by atoms with van der Waals surface area (Å²) in [5.74, 6) is 1.21. The van der Waals surface area contributed by atoms with E-state index in [4.69, 9.17) is 4.98 Å². The number of aryl methyl sites for hydroxylation is 1. The Kier molecular flexibility index (Phi) is 4.01. The molecule has 0 amide bonds. The summed E-state index contributed by atoms with van der Waals surface area (Å²) < 4.78 is 18.2. The third-order valence-electron chi connectivity index (χ3n) is 4.17. The first-order valence-corrected chi connectivity index (χ1v) is 8.34. The molecule has 0 saturated carbocycles. The van der Waals surface area contributed by atoms with Crippen molar-refractivity contribution in [1.29, 1.82) is 0 Å². The highest BCUT2D eigenvalue weighted by Crippen LogP contribution is 2.22. The van der Waals surface area contributed by atoms with Gasteiger partial charge in [0.15, 0.2) is 5.65 Å². The number of pyridine rings is 1. The van der Waals surface area contributed by atoms with Crippen molar-refractivity contribution >= 4 is 11.2 Å². The monoisotopic (exact) mass is 335 g/mol. The van der Waals surface area contributed by atoms with Crippen molar-refractivity contribution in [2.24, 2.45) is 0 Å². The minimum Gasteiger partial charge on any atom is -0.323 e. The first-order chi connectivity index (χ1) is 12.3. The number of hydrogen-bond acceptors (Lipinski definition) is 3. The fourth-order valence-corrected chi connectivity index (χ4v) is 3.06. The van der Waals surface area contributed by atoms with Crippen molar-refractivity contribution in [2.75, 3.05) is 0 Å². The summed E-state index contributed by atoms with van der Waals surface area (Å²) in [5, 5.41) is 0. The lowest BCUT2D eigenvalue weighted by molar-refractivity contribution is 0.615. The number of imidazole rings is 2. The molecular weight excluding hydrogens is 317 g/mol. The molecule has 0 aliphatic rings. The predicted molar refractivity (Wildman–Crippen MR) is 94.5 cm³/mol. The quantitative estimate of drug-likeness (QED) is 0.556. The molecule has 0 fully saturated rings. The van der Waals surface area contributed by atoms with E-state index < -0.39 is 0 Å². The maximum atomic E-state index is 14.2. The Morgan fingerprint density at radius 2 is 1.92 bits per heavy atom. The van der Waals surface area contributed by atoms with Gasteiger partial charge in [0.2, 0.25) is 0 Å². The minimum absolute atomic E-state index is 0.279. The molecule has 0 bridgehead atoms. The normalized spacial score (nSPS) is 11.3. The summed E-state index contributed by atoms with van der Waals surface area (Å²) in [7, 11) is 0. The van der Waals surface area contributed by atoms with Crippen molar-refractivity contribution in [3.63, 3.8) is 0 Å². The van der Waals surface area contributed by atoms with Crippen molar-refractivity contribution < 1.29 is 4.39 Å². The van der Waals surface area contributed by atoms with E-state index in [-0.39, 0.29) is 5.82 Å². The second kappa shape index (κ2) is 6.47. The Morgan fingerprint density at radius 3 is 2.76 bits per heavy atom. The van der Waals surface area contributed by atoms with Crippen LogP contribution in [0.4, 0.5) is 4.39 Å². The third kappa shape index (κ3) is 2.80. The molecule has 0 radical (unpaired) electrons. The first-order valence-electron chi connectivity index (χ1n) is 8.34. The number of fused-ring (bicyclic) bond motifs is 1. The smallest absolute Gasteiger partial charge is 0.160 e. The van der Waals surface area contributed by atoms with Gasteiger partial charge in [0.25, 0.3) is 0 Å². The van der Waals surface area contributed by atoms with Crippen LogP contribution in [0, 0.1) is 5.82 Å². The van der Waals surface area contributed by atoms with E-state index in [1.165, 1.54) is 6.07 Å².